The minimum Gasteiger partial charge on any atom is -0.444 e. The van der Waals surface area contributed by atoms with E-state index in [-0.39, 0.29) is 11.7 Å². The van der Waals surface area contributed by atoms with Crippen LogP contribution in [0.3, 0.4) is 0 Å². The Morgan fingerprint density at radius 3 is 2.80 bits per heavy atom. The largest absolute Gasteiger partial charge is 0.444 e. The number of pyridine rings is 1. The van der Waals surface area contributed by atoms with Gasteiger partial charge in [0.15, 0.2) is 10.4 Å². The Morgan fingerprint density at radius 2 is 2.25 bits per heavy atom. The Morgan fingerprint density at radius 1 is 1.45 bits per heavy atom. The number of halogens is 1. The fraction of sp³-hybridized carbons (Fsp3) is 0.231. The first kappa shape index (κ1) is 14.5. The van der Waals surface area contributed by atoms with E-state index in [1.807, 2.05) is 0 Å². The molecular formula is C13H14BrN3O3. The van der Waals surface area contributed by atoms with Crippen LogP contribution in [0.2, 0.25) is 0 Å². The van der Waals surface area contributed by atoms with E-state index >= 15 is 0 Å². The van der Waals surface area contributed by atoms with Crippen LogP contribution in [0.5, 0.6) is 0 Å². The highest BCUT2D eigenvalue weighted by Gasteiger charge is 2.10. The summed E-state index contributed by atoms with van der Waals surface area (Å²) in [5.41, 5.74) is 0.560. The predicted octanol–water partition coefficient (Wildman–Crippen LogP) is 2.48. The van der Waals surface area contributed by atoms with E-state index in [0.29, 0.717) is 22.7 Å². The second-order valence-corrected chi connectivity index (χ2v) is 5.00. The molecule has 2 aromatic rings. The summed E-state index contributed by atoms with van der Waals surface area (Å²) in [5.74, 6) is 0.500. The Bertz CT molecular complexity index is 581. The van der Waals surface area contributed by atoms with Crippen LogP contribution in [0.15, 0.2) is 39.5 Å². The molecule has 0 aliphatic rings. The maximum atomic E-state index is 11.8. The number of rotatable bonds is 5. The van der Waals surface area contributed by atoms with Crippen LogP contribution in [-0.4, -0.2) is 28.6 Å². The third-order valence-corrected chi connectivity index (χ3v) is 2.82. The van der Waals surface area contributed by atoms with E-state index < -0.39 is 6.10 Å². The maximum absolute atomic E-state index is 11.8. The molecular weight excluding hydrogens is 326 g/mol. The Kier molecular flexibility index (Phi) is 4.75. The van der Waals surface area contributed by atoms with Gasteiger partial charge in [0, 0.05) is 6.54 Å². The number of aliphatic hydroxyl groups is 1. The van der Waals surface area contributed by atoms with E-state index in [1.165, 1.54) is 6.20 Å². The molecule has 2 aromatic heterocycles. The van der Waals surface area contributed by atoms with E-state index in [9.17, 15) is 4.79 Å². The van der Waals surface area contributed by atoms with Gasteiger partial charge in [-0.1, -0.05) is 0 Å². The molecule has 1 unspecified atom stereocenters. The maximum Gasteiger partial charge on any atom is 0.291 e. The van der Waals surface area contributed by atoms with Gasteiger partial charge in [-0.2, -0.15) is 0 Å². The lowest BCUT2D eigenvalue weighted by Gasteiger charge is -2.08. The van der Waals surface area contributed by atoms with Gasteiger partial charge in [-0.3, -0.25) is 4.79 Å². The number of furan rings is 1. The molecule has 6 nitrogen and oxygen atoms in total. The molecule has 2 rings (SSSR count). The van der Waals surface area contributed by atoms with Gasteiger partial charge in [0.25, 0.3) is 5.91 Å². The van der Waals surface area contributed by atoms with Gasteiger partial charge < -0.3 is 20.2 Å². The van der Waals surface area contributed by atoms with Crippen molar-refractivity contribution in [3.05, 3.63) is 40.9 Å². The molecule has 0 saturated heterocycles. The summed E-state index contributed by atoms with van der Waals surface area (Å²) in [5, 5.41) is 14.8. The number of aromatic nitrogens is 1. The van der Waals surface area contributed by atoms with Crippen LogP contribution in [0.25, 0.3) is 0 Å². The van der Waals surface area contributed by atoms with Gasteiger partial charge in [0.05, 0.1) is 18.0 Å². The molecule has 1 atom stereocenters. The summed E-state index contributed by atoms with van der Waals surface area (Å²) in [7, 11) is 0. The smallest absolute Gasteiger partial charge is 0.291 e. The standard InChI is InChI=1S/C13H14BrN3O3/c1-8(18)6-15-12-5-2-9(7-16-12)17-13(19)10-3-4-11(14)20-10/h2-5,7-8,18H,6H2,1H3,(H,15,16)(H,17,19). The molecule has 0 fully saturated rings. The molecule has 0 radical (unpaired) electrons. The normalized spacial score (nSPS) is 11.9. The molecule has 0 aromatic carbocycles. The highest BCUT2D eigenvalue weighted by Crippen LogP contribution is 2.16. The minimum absolute atomic E-state index is 0.216. The summed E-state index contributed by atoms with van der Waals surface area (Å²) >= 11 is 3.14. The zero-order chi connectivity index (χ0) is 14.5. The van der Waals surface area contributed by atoms with Crippen molar-refractivity contribution < 1.29 is 14.3 Å². The van der Waals surface area contributed by atoms with E-state index in [4.69, 9.17) is 9.52 Å². The van der Waals surface area contributed by atoms with Crippen molar-refractivity contribution in [2.75, 3.05) is 17.2 Å². The molecule has 20 heavy (non-hydrogen) atoms. The van der Waals surface area contributed by atoms with Crippen molar-refractivity contribution in [3.63, 3.8) is 0 Å². The van der Waals surface area contributed by atoms with Gasteiger partial charge in [-0.15, -0.1) is 0 Å². The van der Waals surface area contributed by atoms with Gasteiger partial charge in [-0.05, 0) is 47.1 Å². The number of hydrogen-bond acceptors (Lipinski definition) is 5. The zero-order valence-corrected chi connectivity index (χ0v) is 12.3. The van der Waals surface area contributed by atoms with Crippen molar-refractivity contribution in [1.82, 2.24) is 4.98 Å². The van der Waals surface area contributed by atoms with Crippen molar-refractivity contribution in [3.8, 4) is 0 Å². The second kappa shape index (κ2) is 6.53. The fourth-order valence-corrected chi connectivity index (χ4v) is 1.76. The van der Waals surface area contributed by atoms with E-state index in [2.05, 4.69) is 31.5 Å². The zero-order valence-electron chi connectivity index (χ0n) is 10.8. The van der Waals surface area contributed by atoms with Crippen LogP contribution in [0.4, 0.5) is 11.5 Å². The molecule has 3 N–H and O–H groups in total. The lowest BCUT2D eigenvalue weighted by molar-refractivity contribution is 0.0995. The molecule has 106 valence electrons. The number of amides is 1. The Balaban J connectivity index is 1.95. The van der Waals surface area contributed by atoms with Gasteiger partial charge in [-0.25, -0.2) is 4.98 Å². The van der Waals surface area contributed by atoms with E-state index in [0.717, 1.165) is 0 Å². The van der Waals surface area contributed by atoms with Gasteiger partial charge in [0.2, 0.25) is 0 Å². The number of nitrogens with zero attached hydrogens (tertiary/aromatic N) is 1. The summed E-state index contributed by atoms with van der Waals surface area (Å²) in [6.45, 7) is 2.10. The van der Waals surface area contributed by atoms with Gasteiger partial charge >= 0.3 is 0 Å². The number of anilines is 2. The third-order valence-electron chi connectivity index (χ3n) is 2.40. The number of nitrogens with one attached hydrogen (secondary N) is 2. The first-order chi connectivity index (χ1) is 9.54. The number of aliphatic hydroxyl groups excluding tert-OH is 1. The number of hydrogen-bond donors (Lipinski definition) is 3. The highest BCUT2D eigenvalue weighted by atomic mass is 79.9. The summed E-state index contributed by atoms with van der Waals surface area (Å²) in [4.78, 5) is 16.0. The molecule has 0 bridgehead atoms. The number of carbonyl (C=O) groups is 1. The van der Waals surface area contributed by atoms with Crippen molar-refractivity contribution in [2.24, 2.45) is 0 Å². The van der Waals surface area contributed by atoms with Crippen molar-refractivity contribution in [1.29, 1.82) is 0 Å². The average molecular weight is 340 g/mol. The average Bonchev–Trinajstić information content (AvgIpc) is 2.85. The molecule has 0 aliphatic heterocycles. The predicted molar refractivity (Wildman–Crippen MR) is 78.8 cm³/mol. The topological polar surface area (TPSA) is 87.4 Å². The third kappa shape index (κ3) is 4.07. The molecule has 7 heteroatoms. The lowest BCUT2D eigenvalue weighted by Crippen LogP contribution is -2.16. The van der Waals surface area contributed by atoms with Crippen molar-refractivity contribution >= 4 is 33.3 Å². The minimum atomic E-state index is -0.450. The first-order valence-electron chi connectivity index (χ1n) is 5.99. The quantitative estimate of drug-likeness (QED) is 0.778. The van der Waals surface area contributed by atoms with Crippen LogP contribution < -0.4 is 10.6 Å². The second-order valence-electron chi connectivity index (χ2n) is 4.22. The SMILES string of the molecule is CC(O)CNc1ccc(NC(=O)c2ccc(Br)o2)cn1. The molecule has 2 heterocycles. The highest BCUT2D eigenvalue weighted by molar-refractivity contribution is 9.10. The molecule has 0 aliphatic carbocycles. The summed E-state index contributed by atoms with van der Waals surface area (Å²) < 4.78 is 5.65. The van der Waals surface area contributed by atoms with Crippen molar-refractivity contribution in [2.45, 2.75) is 13.0 Å². The van der Waals surface area contributed by atoms with Gasteiger partial charge in [0.1, 0.15) is 5.82 Å². The Hall–Kier alpha value is -1.86. The molecule has 0 saturated carbocycles. The Labute approximate surface area is 124 Å². The fourth-order valence-electron chi connectivity index (χ4n) is 1.45. The van der Waals surface area contributed by atoms with Crippen LogP contribution in [0, 0.1) is 0 Å². The summed E-state index contributed by atoms with van der Waals surface area (Å²) in [6, 6.07) is 6.66. The van der Waals surface area contributed by atoms with Crippen LogP contribution in [0.1, 0.15) is 17.5 Å². The molecule has 0 spiro atoms. The lowest BCUT2D eigenvalue weighted by atomic mass is 10.3. The number of carbonyl (C=O) groups excluding carboxylic acids is 1. The summed E-state index contributed by atoms with van der Waals surface area (Å²) in [6.07, 6.45) is 1.08. The van der Waals surface area contributed by atoms with Crippen LogP contribution >= 0.6 is 15.9 Å². The first-order valence-corrected chi connectivity index (χ1v) is 6.78. The monoisotopic (exact) mass is 339 g/mol. The van der Waals surface area contributed by atoms with Crippen LogP contribution in [-0.2, 0) is 0 Å². The molecule has 1 amide bonds. The van der Waals surface area contributed by atoms with E-state index in [1.54, 1.807) is 31.2 Å².